The van der Waals surface area contributed by atoms with E-state index in [9.17, 15) is 4.79 Å². The van der Waals surface area contributed by atoms with Crippen molar-refractivity contribution in [3.63, 3.8) is 0 Å². The van der Waals surface area contributed by atoms with Crippen molar-refractivity contribution in [3.8, 4) is 17.1 Å². The summed E-state index contributed by atoms with van der Waals surface area (Å²) in [5.41, 5.74) is 1.87. The van der Waals surface area contributed by atoms with E-state index in [2.05, 4.69) is 35.8 Å². The fourth-order valence-corrected chi connectivity index (χ4v) is 2.60. The van der Waals surface area contributed by atoms with E-state index in [1.54, 1.807) is 35.3 Å². The molecule has 0 saturated carbocycles. The van der Waals surface area contributed by atoms with Crippen molar-refractivity contribution in [2.24, 2.45) is 0 Å². The van der Waals surface area contributed by atoms with Crippen LogP contribution in [0, 0.1) is 6.92 Å². The smallest absolute Gasteiger partial charge is 0.273 e. The van der Waals surface area contributed by atoms with Crippen molar-refractivity contribution in [1.82, 2.24) is 35.2 Å². The molecule has 0 spiro atoms. The van der Waals surface area contributed by atoms with Gasteiger partial charge in [-0.25, -0.2) is 14.6 Å². The molecule has 4 heterocycles. The first-order valence-corrected chi connectivity index (χ1v) is 8.93. The summed E-state index contributed by atoms with van der Waals surface area (Å²) >= 11 is 0. The predicted molar refractivity (Wildman–Crippen MR) is 104 cm³/mol. The van der Waals surface area contributed by atoms with Gasteiger partial charge in [0.1, 0.15) is 12.1 Å². The lowest BCUT2D eigenvalue weighted by Gasteiger charge is -2.07. The van der Waals surface area contributed by atoms with Crippen LogP contribution in [0.25, 0.3) is 17.1 Å². The Kier molecular flexibility index (Phi) is 5.23. The van der Waals surface area contributed by atoms with Gasteiger partial charge in [-0.1, -0.05) is 5.16 Å². The van der Waals surface area contributed by atoms with Crippen molar-refractivity contribution in [2.45, 2.75) is 6.92 Å². The first-order chi connectivity index (χ1) is 14.2. The monoisotopic (exact) mass is 390 g/mol. The molecule has 0 fully saturated rings. The number of anilines is 1. The Hall–Kier alpha value is -4.08. The van der Waals surface area contributed by atoms with Crippen LogP contribution in [0.3, 0.4) is 0 Å². The highest BCUT2D eigenvalue weighted by Crippen LogP contribution is 2.18. The minimum absolute atomic E-state index is 0.210. The Labute approximate surface area is 166 Å². The van der Waals surface area contributed by atoms with Gasteiger partial charge in [0, 0.05) is 49.4 Å². The van der Waals surface area contributed by atoms with Crippen LogP contribution in [0.2, 0.25) is 0 Å². The summed E-state index contributed by atoms with van der Waals surface area (Å²) < 4.78 is 6.89. The standard InChI is InChI=1S/C19H18N8O2/c1-13-4-8-27(25-13)18-10-17(23-12-24-18)21-6-7-22-19(28)15-9-16(29-26-15)14-3-2-5-20-11-14/h2-5,8-12H,6-7H2,1H3,(H,22,28)(H,21,23,24). The van der Waals surface area contributed by atoms with E-state index >= 15 is 0 Å². The molecule has 4 aromatic rings. The number of aryl methyl sites for hydroxylation is 1. The van der Waals surface area contributed by atoms with Gasteiger partial charge in [0.15, 0.2) is 17.3 Å². The van der Waals surface area contributed by atoms with Crippen molar-refractivity contribution in [3.05, 3.63) is 66.6 Å². The fourth-order valence-electron chi connectivity index (χ4n) is 2.60. The van der Waals surface area contributed by atoms with E-state index in [-0.39, 0.29) is 11.6 Å². The van der Waals surface area contributed by atoms with Gasteiger partial charge in [0.2, 0.25) is 0 Å². The minimum atomic E-state index is -0.318. The molecule has 10 heteroatoms. The fraction of sp³-hybridized carbons (Fsp3) is 0.158. The molecular formula is C19H18N8O2. The Morgan fingerprint density at radius 2 is 2.14 bits per heavy atom. The lowest BCUT2D eigenvalue weighted by atomic mass is 10.2. The lowest BCUT2D eigenvalue weighted by molar-refractivity contribution is 0.0946. The van der Waals surface area contributed by atoms with E-state index < -0.39 is 0 Å². The van der Waals surface area contributed by atoms with Gasteiger partial charge < -0.3 is 15.2 Å². The highest BCUT2D eigenvalue weighted by atomic mass is 16.5. The van der Waals surface area contributed by atoms with Crippen LogP contribution < -0.4 is 10.6 Å². The molecule has 0 atom stereocenters. The van der Waals surface area contributed by atoms with E-state index in [0.717, 1.165) is 11.3 Å². The van der Waals surface area contributed by atoms with Gasteiger partial charge in [-0.15, -0.1) is 0 Å². The number of nitrogens with one attached hydrogen (secondary N) is 2. The summed E-state index contributed by atoms with van der Waals surface area (Å²) in [7, 11) is 0. The van der Waals surface area contributed by atoms with Crippen LogP contribution in [0.5, 0.6) is 0 Å². The van der Waals surface area contributed by atoms with Crippen LogP contribution in [0.4, 0.5) is 5.82 Å². The second-order valence-corrected chi connectivity index (χ2v) is 6.16. The number of aromatic nitrogens is 6. The maximum Gasteiger partial charge on any atom is 0.273 e. The normalized spacial score (nSPS) is 10.7. The molecular weight excluding hydrogens is 372 g/mol. The molecule has 29 heavy (non-hydrogen) atoms. The number of nitrogens with zero attached hydrogens (tertiary/aromatic N) is 6. The largest absolute Gasteiger partial charge is 0.368 e. The van der Waals surface area contributed by atoms with Crippen molar-refractivity contribution < 1.29 is 9.32 Å². The molecule has 0 aliphatic heterocycles. The number of carbonyl (C=O) groups is 1. The summed E-state index contributed by atoms with van der Waals surface area (Å²) in [6, 6.07) is 8.89. The second-order valence-electron chi connectivity index (χ2n) is 6.16. The Balaban J connectivity index is 1.29. The molecule has 0 bridgehead atoms. The van der Waals surface area contributed by atoms with E-state index in [4.69, 9.17) is 4.52 Å². The molecule has 0 unspecified atom stereocenters. The topological polar surface area (TPSA) is 124 Å². The molecule has 2 N–H and O–H groups in total. The third-order valence-electron chi connectivity index (χ3n) is 4.02. The number of carbonyl (C=O) groups excluding carboxylic acids is 1. The SMILES string of the molecule is Cc1ccn(-c2cc(NCCNC(=O)c3cc(-c4cccnc4)on3)ncn2)n1. The molecule has 0 saturated heterocycles. The predicted octanol–water partition coefficient (Wildman–Crippen LogP) is 1.86. The van der Waals surface area contributed by atoms with Crippen molar-refractivity contribution in [2.75, 3.05) is 18.4 Å². The summed E-state index contributed by atoms with van der Waals surface area (Å²) in [5, 5.41) is 14.1. The Morgan fingerprint density at radius 3 is 2.93 bits per heavy atom. The first-order valence-electron chi connectivity index (χ1n) is 8.93. The third-order valence-corrected chi connectivity index (χ3v) is 4.02. The summed E-state index contributed by atoms with van der Waals surface area (Å²) in [6.07, 6.45) is 6.60. The first kappa shape index (κ1) is 18.3. The lowest BCUT2D eigenvalue weighted by Crippen LogP contribution is -2.29. The van der Waals surface area contributed by atoms with Gasteiger partial charge in [0.05, 0.1) is 5.69 Å². The zero-order valence-corrected chi connectivity index (χ0v) is 15.6. The van der Waals surface area contributed by atoms with Gasteiger partial charge >= 0.3 is 0 Å². The quantitative estimate of drug-likeness (QED) is 0.458. The molecule has 10 nitrogen and oxygen atoms in total. The maximum absolute atomic E-state index is 12.2. The third kappa shape index (κ3) is 4.43. The van der Waals surface area contributed by atoms with E-state index in [0.29, 0.717) is 30.5 Å². The highest BCUT2D eigenvalue weighted by Gasteiger charge is 2.13. The van der Waals surface area contributed by atoms with Crippen LogP contribution >= 0.6 is 0 Å². The summed E-state index contributed by atoms with van der Waals surface area (Å²) in [4.78, 5) is 24.6. The molecule has 4 rings (SSSR count). The van der Waals surface area contributed by atoms with E-state index in [1.807, 2.05) is 25.3 Å². The van der Waals surface area contributed by atoms with E-state index in [1.165, 1.54) is 6.33 Å². The molecule has 0 radical (unpaired) electrons. The summed E-state index contributed by atoms with van der Waals surface area (Å²) in [5.74, 6) is 1.47. The number of hydrogen-bond acceptors (Lipinski definition) is 8. The average Bonchev–Trinajstić information content (AvgIpc) is 3.41. The van der Waals surface area contributed by atoms with Crippen molar-refractivity contribution >= 4 is 11.7 Å². The van der Waals surface area contributed by atoms with Crippen LogP contribution in [0.1, 0.15) is 16.2 Å². The second kappa shape index (κ2) is 8.30. The molecule has 146 valence electrons. The van der Waals surface area contributed by atoms with Gasteiger partial charge in [-0.2, -0.15) is 5.10 Å². The molecule has 0 aromatic carbocycles. The molecule has 4 aromatic heterocycles. The molecule has 0 aliphatic carbocycles. The average molecular weight is 390 g/mol. The number of pyridine rings is 1. The number of amides is 1. The Morgan fingerprint density at radius 1 is 1.21 bits per heavy atom. The zero-order valence-electron chi connectivity index (χ0n) is 15.6. The Bertz CT molecular complexity index is 1110. The van der Waals surface area contributed by atoms with Crippen LogP contribution in [-0.2, 0) is 0 Å². The van der Waals surface area contributed by atoms with Gasteiger partial charge in [-0.3, -0.25) is 9.78 Å². The van der Waals surface area contributed by atoms with Gasteiger partial charge in [-0.05, 0) is 25.1 Å². The molecule has 0 aliphatic rings. The maximum atomic E-state index is 12.2. The van der Waals surface area contributed by atoms with Crippen molar-refractivity contribution in [1.29, 1.82) is 0 Å². The van der Waals surface area contributed by atoms with Crippen LogP contribution in [-0.4, -0.2) is 48.9 Å². The highest BCUT2D eigenvalue weighted by molar-refractivity contribution is 5.93. The zero-order chi connectivity index (χ0) is 20.1. The number of hydrogen-bond donors (Lipinski definition) is 2. The van der Waals surface area contributed by atoms with Gasteiger partial charge in [0.25, 0.3) is 5.91 Å². The molecule has 1 amide bonds. The van der Waals surface area contributed by atoms with Crippen LogP contribution in [0.15, 0.2) is 59.8 Å². The minimum Gasteiger partial charge on any atom is -0.368 e. The summed E-state index contributed by atoms with van der Waals surface area (Å²) in [6.45, 7) is 2.77. The number of rotatable bonds is 7.